The molecule has 4 aromatic rings. The average Bonchev–Trinajstić information content (AvgIpc) is 3.14. The van der Waals surface area contributed by atoms with E-state index >= 15 is 0 Å². The van der Waals surface area contributed by atoms with Crippen LogP contribution in [0.25, 0.3) is 21.5 Å². The fraction of sp³-hybridized carbons (Fsp3) is 0.0345. The third-order valence-corrected chi connectivity index (χ3v) is 8.93. The molecular formula is C29H24Si. The average molecular weight is 401 g/mol. The Kier molecular flexibility index (Phi) is 5.04. The molecule has 4 aromatic carbocycles. The van der Waals surface area contributed by atoms with Crippen LogP contribution >= 0.6 is 0 Å². The van der Waals surface area contributed by atoms with Crippen molar-refractivity contribution in [1.29, 1.82) is 0 Å². The van der Waals surface area contributed by atoms with Crippen LogP contribution in [-0.2, 0) is 0 Å². The molecule has 30 heavy (non-hydrogen) atoms. The Morgan fingerprint density at radius 3 is 0.933 bits per heavy atom. The van der Waals surface area contributed by atoms with Gasteiger partial charge in [-0.1, -0.05) is 128 Å². The van der Waals surface area contributed by atoms with Crippen LogP contribution in [0.15, 0.2) is 121 Å². The van der Waals surface area contributed by atoms with E-state index in [0.29, 0.717) is 0 Å². The van der Waals surface area contributed by atoms with Crippen molar-refractivity contribution < 1.29 is 0 Å². The minimum absolute atomic E-state index is 1.31. The number of rotatable bonds is 4. The summed E-state index contributed by atoms with van der Waals surface area (Å²) in [5.41, 5.74) is 8.14. The van der Waals surface area contributed by atoms with Gasteiger partial charge in [0.2, 0.25) is 0 Å². The standard InChI is InChI=1S/C29H24Si/c1-30-28(24-18-10-4-11-19-24)26(22-14-6-2-7-15-22)27(23-16-8-3-9-17-23)29(30)25-20-12-5-13-21-25/h2-21,30H,1H3. The third-order valence-electron chi connectivity index (χ3n) is 5.95. The Bertz CT molecular complexity index is 1110. The second-order valence-electron chi connectivity index (χ2n) is 7.76. The molecule has 0 nitrogen and oxygen atoms in total. The lowest BCUT2D eigenvalue weighted by molar-refractivity contribution is 1.58. The van der Waals surface area contributed by atoms with Gasteiger partial charge in [0.15, 0.2) is 0 Å². The number of hydrogen-bond donors (Lipinski definition) is 0. The molecule has 0 atom stereocenters. The van der Waals surface area contributed by atoms with Crippen LogP contribution in [0.2, 0.25) is 6.55 Å². The maximum Gasteiger partial charge on any atom is 0.103 e. The topological polar surface area (TPSA) is 0 Å². The predicted octanol–water partition coefficient (Wildman–Crippen LogP) is 7.16. The quantitative estimate of drug-likeness (QED) is 0.319. The van der Waals surface area contributed by atoms with Crippen molar-refractivity contribution in [3.8, 4) is 0 Å². The highest BCUT2D eigenvalue weighted by molar-refractivity contribution is 6.99. The molecule has 0 radical (unpaired) electrons. The molecule has 1 aliphatic heterocycles. The van der Waals surface area contributed by atoms with Gasteiger partial charge in [0.1, 0.15) is 8.80 Å². The van der Waals surface area contributed by atoms with E-state index in [1.54, 1.807) is 10.4 Å². The van der Waals surface area contributed by atoms with Crippen LogP contribution in [0, 0.1) is 0 Å². The molecule has 0 N–H and O–H groups in total. The van der Waals surface area contributed by atoms with E-state index in [-0.39, 0.29) is 0 Å². The van der Waals surface area contributed by atoms with Gasteiger partial charge in [-0.15, -0.1) is 0 Å². The molecule has 0 saturated heterocycles. The number of hydrogen-bond acceptors (Lipinski definition) is 0. The first-order valence-electron chi connectivity index (χ1n) is 10.5. The summed E-state index contributed by atoms with van der Waals surface area (Å²) in [6.07, 6.45) is 0. The second kappa shape index (κ2) is 8.14. The van der Waals surface area contributed by atoms with E-state index in [9.17, 15) is 0 Å². The van der Waals surface area contributed by atoms with Crippen LogP contribution in [0.5, 0.6) is 0 Å². The van der Waals surface area contributed by atoms with E-state index in [1.165, 1.54) is 33.4 Å². The van der Waals surface area contributed by atoms with Crippen LogP contribution in [-0.4, -0.2) is 8.80 Å². The Morgan fingerprint density at radius 1 is 0.367 bits per heavy atom. The van der Waals surface area contributed by atoms with Crippen molar-refractivity contribution in [2.24, 2.45) is 0 Å². The van der Waals surface area contributed by atoms with Gasteiger partial charge in [-0.05, 0) is 43.8 Å². The molecule has 0 bridgehead atoms. The largest absolute Gasteiger partial charge is 0.103 e. The number of allylic oxidation sites excluding steroid dienone is 2. The molecular weight excluding hydrogens is 376 g/mol. The van der Waals surface area contributed by atoms with E-state index in [4.69, 9.17) is 0 Å². The lowest BCUT2D eigenvalue weighted by Crippen LogP contribution is -2.11. The first-order valence-corrected chi connectivity index (χ1v) is 12.9. The molecule has 0 fully saturated rings. The monoisotopic (exact) mass is 400 g/mol. The van der Waals surface area contributed by atoms with Crippen molar-refractivity contribution in [2.75, 3.05) is 0 Å². The van der Waals surface area contributed by atoms with Gasteiger partial charge < -0.3 is 0 Å². The lowest BCUT2D eigenvalue weighted by atomic mass is 9.89. The lowest BCUT2D eigenvalue weighted by Gasteiger charge is -2.15. The predicted molar refractivity (Wildman–Crippen MR) is 132 cm³/mol. The summed E-state index contributed by atoms with van der Waals surface area (Å²) in [6, 6.07) is 43.8. The van der Waals surface area contributed by atoms with Crippen LogP contribution in [0.4, 0.5) is 0 Å². The SMILES string of the molecule is C[SiH]1C(c2ccccc2)=C(c2ccccc2)C(c2ccccc2)=C1c1ccccc1. The smallest absolute Gasteiger partial charge is 0.0641 e. The van der Waals surface area contributed by atoms with Crippen molar-refractivity contribution >= 4 is 30.3 Å². The van der Waals surface area contributed by atoms with E-state index in [0.717, 1.165) is 0 Å². The van der Waals surface area contributed by atoms with Crippen molar-refractivity contribution in [3.63, 3.8) is 0 Å². The molecule has 144 valence electrons. The Morgan fingerprint density at radius 2 is 0.633 bits per heavy atom. The van der Waals surface area contributed by atoms with Gasteiger partial charge in [-0.25, -0.2) is 0 Å². The normalized spacial score (nSPS) is 14.4. The van der Waals surface area contributed by atoms with E-state index in [1.807, 2.05) is 0 Å². The molecule has 1 heterocycles. The molecule has 0 aromatic heterocycles. The fourth-order valence-electron chi connectivity index (χ4n) is 4.68. The van der Waals surface area contributed by atoms with Crippen LogP contribution in [0.3, 0.4) is 0 Å². The van der Waals surface area contributed by atoms with Crippen molar-refractivity contribution in [3.05, 3.63) is 144 Å². The van der Waals surface area contributed by atoms with Crippen LogP contribution in [0.1, 0.15) is 22.3 Å². The zero-order chi connectivity index (χ0) is 20.3. The van der Waals surface area contributed by atoms with Gasteiger partial charge in [-0.2, -0.15) is 0 Å². The Balaban J connectivity index is 1.86. The fourth-order valence-corrected chi connectivity index (χ4v) is 7.84. The molecule has 0 saturated carbocycles. The zero-order valence-corrected chi connectivity index (χ0v) is 18.3. The van der Waals surface area contributed by atoms with Gasteiger partial charge in [0, 0.05) is 0 Å². The maximum atomic E-state index is 2.49. The minimum Gasteiger partial charge on any atom is -0.0641 e. The maximum absolute atomic E-state index is 2.49. The summed E-state index contributed by atoms with van der Waals surface area (Å²) < 4.78 is 0. The Hall–Kier alpha value is -3.42. The van der Waals surface area contributed by atoms with Gasteiger partial charge >= 0.3 is 0 Å². The summed E-state index contributed by atoms with van der Waals surface area (Å²) in [6.45, 7) is 2.49. The highest BCUT2D eigenvalue weighted by atomic mass is 28.3. The second-order valence-corrected chi connectivity index (χ2v) is 10.4. The van der Waals surface area contributed by atoms with Gasteiger partial charge in [-0.3, -0.25) is 0 Å². The van der Waals surface area contributed by atoms with Crippen molar-refractivity contribution in [2.45, 2.75) is 6.55 Å². The van der Waals surface area contributed by atoms with Gasteiger partial charge in [0.25, 0.3) is 0 Å². The highest BCUT2D eigenvalue weighted by Gasteiger charge is 2.34. The van der Waals surface area contributed by atoms with Crippen molar-refractivity contribution in [1.82, 2.24) is 0 Å². The first-order chi connectivity index (χ1) is 14.8. The highest BCUT2D eigenvalue weighted by Crippen LogP contribution is 2.50. The van der Waals surface area contributed by atoms with Gasteiger partial charge in [0.05, 0.1) is 0 Å². The minimum atomic E-state index is -1.43. The molecule has 0 amide bonds. The molecule has 1 heteroatoms. The van der Waals surface area contributed by atoms with Crippen LogP contribution < -0.4 is 0 Å². The van der Waals surface area contributed by atoms with E-state index in [2.05, 4.69) is 128 Å². The molecule has 5 rings (SSSR count). The summed E-state index contributed by atoms with van der Waals surface area (Å²) >= 11 is 0. The summed E-state index contributed by atoms with van der Waals surface area (Å²) in [5, 5.41) is 3.08. The number of benzene rings is 4. The molecule has 1 aliphatic rings. The Labute approximate surface area is 180 Å². The molecule has 0 spiro atoms. The zero-order valence-electron chi connectivity index (χ0n) is 17.1. The summed E-state index contributed by atoms with van der Waals surface area (Å²) in [5.74, 6) is 0. The first kappa shape index (κ1) is 18.6. The van der Waals surface area contributed by atoms with E-state index < -0.39 is 8.80 Å². The molecule has 0 unspecified atom stereocenters. The molecule has 0 aliphatic carbocycles. The summed E-state index contributed by atoms with van der Waals surface area (Å²) in [4.78, 5) is 0. The summed E-state index contributed by atoms with van der Waals surface area (Å²) in [7, 11) is -1.43. The third kappa shape index (κ3) is 3.28.